The minimum Gasteiger partial charge on any atom is -0.0776 e. The third-order valence-corrected chi connectivity index (χ3v) is 2.60. The zero-order chi connectivity index (χ0) is 17.9. The van der Waals surface area contributed by atoms with E-state index in [1.54, 1.807) is 0 Å². The molecule has 0 saturated carbocycles. The van der Waals surface area contributed by atoms with Gasteiger partial charge in [-0.1, -0.05) is 141 Å². The van der Waals surface area contributed by atoms with E-state index in [-0.39, 0.29) is 14.9 Å². The molecule has 0 aliphatic carbocycles. The van der Waals surface area contributed by atoms with E-state index in [9.17, 15) is 0 Å². The van der Waals surface area contributed by atoms with Gasteiger partial charge in [0.1, 0.15) is 0 Å². The van der Waals surface area contributed by atoms with Gasteiger partial charge >= 0.3 is 0 Å². The van der Waals surface area contributed by atoms with Gasteiger partial charge in [-0.3, -0.25) is 0 Å². The van der Waals surface area contributed by atoms with Crippen LogP contribution in [0.5, 0.6) is 0 Å². The maximum absolute atomic E-state index is 2.12. The van der Waals surface area contributed by atoms with E-state index < -0.39 is 0 Å². The molecule has 3 aromatic carbocycles. The van der Waals surface area contributed by atoms with E-state index in [1.807, 2.05) is 59.7 Å². The number of rotatable bonds is 0. The summed E-state index contributed by atoms with van der Waals surface area (Å²) in [6.07, 6.45) is 0. The molecule has 0 spiro atoms. The summed E-state index contributed by atoms with van der Waals surface area (Å²) in [6.45, 7) is 14.1. The van der Waals surface area contributed by atoms with E-state index in [1.165, 1.54) is 16.3 Å². The van der Waals surface area contributed by atoms with Gasteiger partial charge in [-0.25, -0.2) is 0 Å². The Labute approximate surface area is 158 Å². The van der Waals surface area contributed by atoms with Gasteiger partial charge in [-0.2, -0.15) is 0 Å². The number of benzene rings is 3. The first-order valence-corrected chi connectivity index (χ1v) is 8.82. The second-order valence-electron chi connectivity index (χ2n) is 4.00. The van der Waals surface area contributed by atoms with Crippen LogP contribution < -0.4 is 0 Å². The molecule has 25 heavy (non-hydrogen) atoms. The first-order valence-electron chi connectivity index (χ1n) is 8.82. The predicted octanol–water partition coefficient (Wildman–Crippen LogP) is 9.19. The smallest absolute Gasteiger partial charge is 0.0184 e. The fraction of sp³-hybridized carbons (Fsp3) is 0.360. The molecule has 0 N–H and O–H groups in total. The summed E-state index contributed by atoms with van der Waals surface area (Å²) in [5, 5.41) is 2.62. The Hall–Kier alpha value is -2.08. The largest absolute Gasteiger partial charge is 0.0776 e. The fourth-order valence-electron chi connectivity index (χ4n) is 1.67. The zero-order valence-corrected chi connectivity index (χ0v) is 16.0. The van der Waals surface area contributed by atoms with Gasteiger partial charge in [0.05, 0.1) is 0 Å². The van der Waals surface area contributed by atoms with Crippen LogP contribution in [-0.2, 0) is 0 Å². The molecular formula is C25H42. The van der Waals surface area contributed by atoms with Crippen LogP contribution in [0, 0.1) is 6.92 Å². The third-order valence-electron chi connectivity index (χ3n) is 2.60. The Morgan fingerprint density at radius 3 is 0.840 bits per heavy atom. The van der Waals surface area contributed by atoms with Crippen molar-refractivity contribution < 1.29 is 0 Å². The summed E-state index contributed by atoms with van der Waals surface area (Å²) in [7, 11) is 0. The average molecular weight is 343 g/mol. The predicted molar refractivity (Wildman–Crippen MR) is 123 cm³/mol. The van der Waals surface area contributed by atoms with E-state index in [0.717, 1.165) is 0 Å². The van der Waals surface area contributed by atoms with E-state index in [4.69, 9.17) is 0 Å². The molecule has 0 radical (unpaired) electrons. The molecule has 0 nitrogen and oxygen atoms in total. The number of fused-ring (bicyclic) bond motifs is 1. The molecule has 0 heteroatoms. The lowest BCUT2D eigenvalue weighted by atomic mass is 10.1. The van der Waals surface area contributed by atoms with Gasteiger partial charge in [-0.15, -0.1) is 0 Å². The lowest BCUT2D eigenvalue weighted by Gasteiger charge is -1.92. The molecule has 0 saturated heterocycles. The molecule has 0 heterocycles. The van der Waals surface area contributed by atoms with Gasteiger partial charge in [-0.05, 0) is 17.7 Å². The summed E-state index contributed by atoms with van der Waals surface area (Å²) in [6, 6.07) is 27.0. The van der Waals surface area contributed by atoms with Crippen LogP contribution in [0.15, 0.2) is 78.9 Å². The lowest BCUT2D eigenvalue weighted by molar-refractivity contribution is 1.48. The highest BCUT2D eigenvalue weighted by Crippen LogP contribution is 2.11. The van der Waals surface area contributed by atoms with Crippen LogP contribution in [0.3, 0.4) is 0 Å². The molecule has 3 aromatic rings. The standard InChI is InChI=1S/C10H8.C7H8.3C2H6.2CH4/c1-2-6-10-8-4-3-7-9(10)5-1;1-7-5-3-2-4-6-7;3*1-2;;/h1-8H;2-6H,1H3;3*1-2H3;2*1H4. The van der Waals surface area contributed by atoms with Gasteiger partial charge in [0, 0.05) is 0 Å². The molecule has 3 rings (SSSR count). The minimum absolute atomic E-state index is 0. The Kier molecular flexibility index (Phi) is 29.8. The van der Waals surface area contributed by atoms with Gasteiger partial charge < -0.3 is 0 Å². The maximum Gasteiger partial charge on any atom is -0.0184 e. The van der Waals surface area contributed by atoms with Crippen LogP contribution in [0.2, 0.25) is 0 Å². The molecule has 0 atom stereocenters. The van der Waals surface area contributed by atoms with E-state index in [0.29, 0.717) is 0 Å². The summed E-state index contributed by atoms with van der Waals surface area (Å²) < 4.78 is 0. The van der Waals surface area contributed by atoms with Gasteiger partial charge in [0.2, 0.25) is 0 Å². The first kappa shape index (κ1) is 30.8. The first-order chi connectivity index (χ1) is 11.4. The van der Waals surface area contributed by atoms with Gasteiger partial charge in [0.25, 0.3) is 0 Å². The SMILES string of the molecule is C.C.CC.CC.CC.Cc1ccccc1.c1ccc2ccccc2c1. The van der Waals surface area contributed by atoms with Crippen LogP contribution in [-0.4, -0.2) is 0 Å². The van der Waals surface area contributed by atoms with Crippen LogP contribution in [0.1, 0.15) is 62.0 Å². The second kappa shape index (κ2) is 24.2. The maximum atomic E-state index is 2.12. The summed E-state index contributed by atoms with van der Waals surface area (Å²) in [4.78, 5) is 0. The van der Waals surface area contributed by atoms with Crippen molar-refractivity contribution in [3.8, 4) is 0 Å². The third kappa shape index (κ3) is 15.2. The van der Waals surface area contributed by atoms with Crippen molar-refractivity contribution in [3.63, 3.8) is 0 Å². The highest BCUT2D eigenvalue weighted by molar-refractivity contribution is 5.81. The number of aryl methyl sites for hydroxylation is 1. The van der Waals surface area contributed by atoms with Crippen molar-refractivity contribution in [2.45, 2.75) is 63.3 Å². The van der Waals surface area contributed by atoms with Crippen molar-refractivity contribution in [2.24, 2.45) is 0 Å². The quantitative estimate of drug-likeness (QED) is 0.382. The molecule has 142 valence electrons. The van der Waals surface area contributed by atoms with Crippen molar-refractivity contribution in [3.05, 3.63) is 84.4 Å². The Balaban J connectivity index is -0.000000132. The number of hydrogen-bond acceptors (Lipinski definition) is 0. The Bertz CT molecular complexity index is 502. The normalized spacial score (nSPS) is 7.16. The monoisotopic (exact) mass is 342 g/mol. The molecule has 0 aliphatic heterocycles. The van der Waals surface area contributed by atoms with Crippen LogP contribution in [0.25, 0.3) is 10.8 Å². The molecule has 0 fully saturated rings. The minimum atomic E-state index is 0. The summed E-state index contributed by atoms with van der Waals surface area (Å²) in [5.74, 6) is 0. The molecule has 0 aliphatic rings. The highest BCUT2D eigenvalue weighted by atomic mass is 13.9. The molecule has 0 unspecified atom stereocenters. The number of hydrogen-bond donors (Lipinski definition) is 0. The Morgan fingerprint density at radius 2 is 0.640 bits per heavy atom. The molecule has 0 bridgehead atoms. The van der Waals surface area contributed by atoms with Crippen molar-refractivity contribution >= 4 is 10.8 Å². The second-order valence-corrected chi connectivity index (χ2v) is 4.00. The fourth-order valence-corrected chi connectivity index (χ4v) is 1.67. The highest BCUT2D eigenvalue weighted by Gasteiger charge is 1.85. The lowest BCUT2D eigenvalue weighted by Crippen LogP contribution is -1.67. The zero-order valence-electron chi connectivity index (χ0n) is 16.0. The molecule has 0 amide bonds. The van der Waals surface area contributed by atoms with Crippen molar-refractivity contribution in [2.75, 3.05) is 0 Å². The topological polar surface area (TPSA) is 0 Å². The Morgan fingerprint density at radius 1 is 0.400 bits per heavy atom. The molecule has 0 aromatic heterocycles. The van der Waals surface area contributed by atoms with Gasteiger partial charge in [0.15, 0.2) is 0 Å². The van der Waals surface area contributed by atoms with Crippen LogP contribution >= 0.6 is 0 Å². The van der Waals surface area contributed by atoms with Crippen LogP contribution in [0.4, 0.5) is 0 Å². The van der Waals surface area contributed by atoms with Crippen molar-refractivity contribution in [1.29, 1.82) is 0 Å². The summed E-state index contributed by atoms with van der Waals surface area (Å²) in [5.41, 5.74) is 1.32. The summed E-state index contributed by atoms with van der Waals surface area (Å²) >= 11 is 0. The average Bonchev–Trinajstić information content (AvgIpc) is 2.68. The molecular weight excluding hydrogens is 300 g/mol. The van der Waals surface area contributed by atoms with E-state index in [2.05, 4.69) is 67.6 Å². The van der Waals surface area contributed by atoms with E-state index >= 15 is 0 Å². The van der Waals surface area contributed by atoms with Crippen molar-refractivity contribution in [1.82, 2.24) is 0 Å².